The molecule has 122 valence electrons. The molecule has 2 heterocycles. The Morgan fingerprint density at radius 3 is 2.75 bits per heavy atom. The summed E-state index contributed by atoms with van der Waals surface area (Å²) in [5.74, 6) is 0. The van der Waals surface area contributed by atoms with Gasteiger partial charge in [0.1, 0.15) is 6.07 Å². The molecule has 0 saturated heterocycles. The molecule has 0 aliphatic heterocycles. The number of aryl methyl sites for hydroxylation is 2. The molecule has 0 aromatic carbocycles. The van der Waals surface area contributed by atoms with Crippen LogP contribution in [0, 0.1) is 16.7 Å². The summed E-state index contributed by atoms with van der Waals surface area (Å²) in [7, 11) is 1.83. The van der Waals surface area contributed by atoms with Crippen molar-refractivity contribution in [2.75, 3.05) is 7.05 Å². The monoisotopic (exact) mass is 319 g/mol. The van der Waals surface area contributed by atoms with Crippen molar-refractivity contribution in [2.24, 2.45) is 0 Å². The van der Waals surface area contributed by atoms with E-state index in [2.05, 4.69) is 27.4 Å². The maximum absolute atomic E-state index is 8.77. The van der Waals surface area contributed by atoms with Gasteiger partial charge in [0.05, 0.1) is 17.0 Å². The van der Waals surface area contributed by atoms with E-state index in [0.29, 0.717) is 5.56 Å². The normalized spacial score (nSPS) is 10.9. The largest absolute Gasteiger partial charge is 0.386 e. The number of hydrogen-bond donors (Lipinski definition) is 2. The number of allylic oxidation sites excluding steroid dienone is 1. The van der Waals surface area contributed by atoms with E-state index in [-0.39, 0.29) is 0 Å². The number of hydrogen-bond acceptors (Lipinski definition) is 5. The highest BCUT2D eigenvalue weighted by Gasteiger charge is 2.03. The van der Waals surface area contributed by atoms with Crippen molar-refractivity contribution >= 4 is 11.9 Å². The van der Waals surface area contributed by atoms with E-state index in [9.17, 15) is 0 Å². The standard InChI is InChI=1S/C19H21N5/c1-22-18(8-10-20)19-12-15(9-11-23-19)4-2-3-5-17-7-6-16(13-21)14-24-17/h6-12,14,20,22H,2-5H2,1H3/b18-8-,20-10?. The van der Waals surface area contributed by atoms with Gasteiger partial charge in [-0.05, 0) is 61.6 Å². The number of unbranched alkanes of at least 4 members (excludes halogenated alkanes) is 1. The zero-order chi connectivity index (χ0) is 17.2. The molecule has 2 aromatic heterocycles. The minimum absolute atomic E-state index is 0.599. The minimum Gasteiger partial charge on any atom is -0.386 e. The first kappa shape index (κ1) is 17.4. The predicted molar refractivity (Wildman–Crippen MR) is 95.7 cm³/mol. The van der Waals surface area contributed by atoms with Crippen LogP contribution in [0.5, 0.6) is 0 Å². The quantitative estimate of drug-likeness (QED) is 0.578. The summed E-state index contributed by atoms with van der Waals surface area (Å²) in [6, 6.07) is 9.90. The van der Waals surface area contributed by atoms with Gasteiger partial charge in [-0.3, -0.25) is 9.97 Å². The highest BCUT2D eigenvalue weighted by Crippen LogP contribution is 2.13. The molecule has 0 radical (unpaired) electrons. The Labute approximate surface area is 142 Å². The molecule has 5 heteroatoms. The van der Waals surface area contributed by atoms with E-state index in [0.717, 1.165) is 42.8 Å². The molecule has 5 nitrogen and oxygen atoms in total. The third kappa shape index (κ3) is 5.03. The lowest BCUT2D eigenvalue weighted by Crippen LogP contribution is -2.07. The molecule has 0 atom stereocenters. The maximum Gasteiger partial charge on any atom is 0.101 e. The second-order valence-electron chi connectivity index (χ2n) is 5.40. The van der Waals surface area contributed by atoms with E-state index in [4.69, 9.17) is 10.7 Å². The summed E-state index contributed by atoms with van der Waals surface area (Å²) in [5, 5.41) is 19.0. The van der Waals surface area contributed by atoms with Crippen LogP contribution < -0.4 is 5.32 Å². The third-order valence-electron chi connectivity index (χ3n) is 3.72. The summed E-state index contributed by atoms with van der Waals surface area (Å²) in [4.78, 5) is 8.64. The maximum atomic E-state index is 8.77. The average Bonchev–Trinajstić information content (AvgIpc) is 2.64. The van der Waals surface area contributed by atoms with Crippen molar-refractivity contribution in [3.05, 3.63) is 65.2 Å². The van der Waals surface area contributed by atoms with Crippen LogP contribution in [0.25, 0.3) is 5.70 Å². The number of rotatable bonds is 8. The average molecular weight is 319 g/mol. The molecule has 0 aliphatic carbocycles. The molecule has 0 saturated carbocycles. The van der Waals surface area contributed by atoms with Gasteiger partial charge in [-0.2, -0.15) is 5.26 Å². The summed E-state index contributed by atoms with van der Waals surface area (Å²) in [5.41, 5.74) is 4.55. The smallest absolute Gasteiger partial charge is 0.101 e. The second kappa shape index (κ2) is 9.21. The van der Waals surface area contributed by atoms with E-state index in [1.165, 1.54) is 11.8 Å². The van der Waals surface area contributed by atoms with Gasteiger partial charge in [0, 0.05) is 31.3 Å². The fourth-order valence-corrected chi connectivity index (χ4v) is 2.43. The van der Waals surface area contributed by atoms with Crippen LogP contribution >= 0.6 is 0 Å². The van der Waals surface area contributed by atoms with Gasteiger partial charge < -0.3 is 10.7 Å². The van der Waals surface area contributed by atoms with Crippen molar-refractivity contribution in [3.63, 3.8) is 0 Å². The molecule has 2 N–H and O–H groups in total. The highest BCUT2D eigenvalue weighted by atomic mass is 14.9. The van der Waals surface area contributed by atoms with E-state index in [1.807, 2.05) is 31.4 Å². The van der Waals surface area contributed by atoms with Gasteiger partial charge in [-0.1, -0.05) is 0 Å². The number of nitrogens with zero attached hydrogens (tertiary/aromatic N) is 3. The number of pyridine rings is 2. The Bertz CT molecular complexity index is 741. The van der Waals surface area contributed by atoms with Gasteiger partial charge in [-0.15, -0.1) is 0 Å². The van der Waals surface area contributed by atoms with Crippen molar-refractivity contribution in [1.82, 2.24) is 15.3 Å². The van der Waals surface area contributed by atoms with Gasteiger partial charge >= 0.3 is 0 Å². The molecule has 2 rings (SSSR count). The molecule has 0 fully saturated rings. The topological polar surface area (TPSA) is 85.5 Å². The van der Waals surface area contributed by atoms with Crippen LogP contribution in [0.1, 0.15) is 35.4 Å². The Hall–Kier alpha value is -3.00. The molecular formula is C19H21N5. The van der Waals surface area contributed by atoms with Crippen molar-refractivity contribution in [2.45, 2.75) is 25.7 Å². The van der Waals surface area contributed by atoms with Crippen LogP contribution in [-0.2, 0) is 12.8 Å². The van der Waals surface area contributed by atoms with Crippen LogP contribution in [0.4, 0.5) is 0 Å². The predicted octanol–water partition coefficient (Wildman–Crippen LogP) is 3.12. The highest BCUT2D eigenvalue weighted by molar-refractivity contribution is 5.81. The fourth-order valence-electron chi connectivity index (χ4n) is 2.43. The zero-order valence-corrected chi connectivity index (χ0v) is 13.8. The number of nitrogens with one attached hydrogen (secondary N) is 2. The Kier molecular flexibility index (Phi) is 6.66. The first-order valence-electron chi connectivity index (χ1n) is 7.95. The van der Waals surface area contributed by atoms with Crippen LogP contribution in [0.15, 0.2) is 42.7 Å². The lowest BCUT2D eigenvalue weighted by Gasteiger charge is -2.08. The SMILES string of the molecule is CN/C(=C\C=N)c1cc(CCCCc2ccc(C#N)cn2)ccn1. The van der Waals surface area contributed by atoms with Crippen LogP contribution in [0.2, 0.25) is 0 Å². The first-order chi connectivity index (χ1) is 11.8. The zero-order valence-electron chi connectivity index (χ0n) is 13.8. The first-order valence-corrected chi connectivity index (χ1v) is 7.95. The third-order valence-corrected chi connectivity index (χ3v) is 3.72. The molecule has 2 aromatic rings. The second-order valence-corrected chi connectivity index (χ2v) is 5.40. The molecule has 0 amide bonds. The Morgan fingerprint density at radius 1 is 1.25 bits per heavy atom. The minimum atomic E-state index is 0.599. The van der Waals surface area contributed by atoms with Gasteiger partial charge in [0.15, 0.2) is 0 Å². The van der Waals surface area contributed by atoms with Crippen molar-refractivity contribution in [1.29, 1.82) is 10.7 Å². The summed E-state index contributed by atoms with van der Waals surface area (Å²) < 4.78 is 0. The van der Waals surface area contributed by atoms with E-state index in [1.54, 1.807) is 12.3 Å². The molecule has 0 spiro atoms. The molecular weight excluding hydrogens is 298 g/mol. The molecule has 0 bridgehead atoms. The van der Waals surface area contributed by atoms with Gasteiger partial charge in [0.2, 0.25) is 0 Å². The summed E-state index contributed by atoms with van der Waals surface area (Å²) >= 11 is 0. The van der Waals surface area contributed by atoms with Crippen molar-refractivity contribution in [3.8, 4) is 6.07 Å². The fraction of sp³-hybridized carbons (Fsp3) is 0.263. The van der Waals surface area contributed by atoms with Gasteiger partial charge in [0.25, 0.3) is 0 Å². The summed E-state index contributed by atoms with van der Waals surface area (Å²) in [6.07, 6.45) is 10.4. The Morgan fingerprint density at radius 2 is 2.08 bits per heavy atom. The van der Waals surface area contributed by atoms with E-state index >= 15 is 0 Å². The van der Waals surface area contributed by atoms with Crippen molar-refractivity contribution < 1.29 is 0 Å². The van der Waals surface area contributed by atoms with Crippen LogP contribution in [-0.4, -0.2) is 23.2 Å². The number of aromatic nitrogens is 2. The summed E-state index contributed by atoms with van der Waals surface area (Å²) in [6.45, 7) is 0. The molecule has 0 unspecified atom stereocenters. The molecule has 24 heavy (non-hydrogen) atoms. The molecule has 0 aliphatic rings. The van der Waals surface area contributed by atoms with Gasteiger partial charge in [-0.25, -0.2) is 0 Å². The van der Waals surface area contributed by atoms with E-state index < -0.39 is 0 Å². The lowest BCUT2D eigenvalue weighted by atomic mass is 10.1. The van der Waals surface area contributed by atoms with Crippen LogP contribution in [0.3, 0.4) is 0 Å². The number of nitriles is 1. The Balaban J connectivity index is 1.87. The lowest BCUT2D eigenvalue weighted by molar-refractivity contribution is 0.722.